The summed E-state index contributed by atoms with van der Waals surface area (Å²) in [5.41, 5.74) is 1.21. The van der Waals surface area contributed by atoms with E-state index in [1.165, 1.54) is 16.9 Å². The van der Waals surface area contributed by atoms with E-state index < -0.39 is 12.1 Å². The number of hydrogen-bond donors (Lipinski definition) is 1. The Morgan fingerprint density at radius 2 is 2.00 bits per heavy atom. The van der Waals surface area contributed by atoms with Crippen LogP contribution in [0.1, 0.15) is 41.2 Å². The van der Waals surface area contributed by atoms with Crippen LogP contribution in [-0.4, -0.2) is 17.7 Å². The maximum atomic E-state index is 11.7. The Balaban J connectivity index is 1.94. The average Bonchev–Trinajstić information content (AvgIpc) is 2.96. The molecule has 0 aliphatic carbocycles. The van der Waals surface area contributed by atoms with Crippen molar-refractivity contribution in [2.45, 2.75) is 32.3 Å². The predicted molar refractivity (Wildman–Crippen MR) is 84.4 cm³/mol. The Morgan fingerprint density at radius 1 is 1.24 bits per heavy atom. The first-order chi connectivity index (χ1) is 10.2. The summed E-state index contributed by atoms with van der Waals surface area (Å²) in [6.45, 7) is 2.40. The molecule has 0 amide bonds. The van der Waals surface area contributed by atoms with Crippen molar-refractivity contribution >= 4 is 17.3 Å². The van der Waals surface area contributed by atoms with E-state index in [1.54, 1.807) is 6.07 Å². The highest BCUT2D eigenvalue weighted by atomic mass is 32.1. The third-order valence-electron chi connectivity index (χ3n) is 3.14. The number of esters is 1. The van der Waals surface area contributed by atoms with Crippen molar-refractivity contribution in [1.82, 2.24) is 0 Å². The lowest BCUT2D eigenvalue weighted by Gasteiger charge is -2.08. The molecule has 3 nitrogen and oxygen atoms in total. The van der Waals surface area contributed by atoms with Crippen LogP contribution < -0.4 is 0 Å². The minimum absolute atomic E-state index is 0.370. The number of unbranched alkanes of at least 4 members (excludes halogenated alkanes) is 1. The lowest BCUT2D eigenvalue weighted by atomic mass is 10.1. The summed E-state index contributed by atoms with van der Waals surface area (Å²) in [6.07, 6.45) is 1.42. The molecule has 0 spiro atoms. The molecule has 1 aromatic carbocycles. The molecule has 1 heterocycles. The van der Waals surface area contributed by atoms with Gasteiger partial charge < -0.3 is 9.84 Å². The summed E-state index contributed by atoms with van der Waals surface area (Å²) in [7, 11) is 0. The highest BCUT2D eigenvalue weighted by Crippen LogP contribution is 2.26. The van der Waals surface area contributed by atoms with Crippen LogP contribution in [0.25, 0.3) is 0 Å². The van der Waals surface area contributed by atoms with Crippen molar-refractivity contribution in [3.8, 4) is 0 Å². The number of aliphatic hydroxyl groups is 1. The van der Waals surface area contributed by atoms with Gasteiger partial charge in [-0.25, -0.2) is 4.79 Å². The van der Waals surface area contributed by atoms with Crippen LogP contribution in [0, 0.1) is 0 Å². The molecular weight excluding hydrogens is 284 g/mol. The molecule has 2 rings (SSSR count). The molecule has 0 radical (unpaired) electrons. The third-order valence-corrected chi connectivity index (χ3v) is 4.28. The molecule has 0 aliphatic rings. The van der Waals surface area contributed by atoms with Crippen LogP contribution in [-0.2, 0) is 16.0 Å². The minimum Gasteiger partial charge on any atom is -0.463 e. The zero-order valence-electron chi connectivity index (χ0n) is 12.1. The molecule has 0 fully saturated rings. The molecule has 21 heavy (non-hydrogen) atoms. The number of hydrogen-bond acceptors (Lipinski definition) is 4. The van der Waals surface area contributed by atoms with Gasteiger partial charge in [-0.05, 0) is 24.1 Å². The van der Waals surface area contributed by atoms with Gasteiger partial charge in [-0.1, -0.05) is 43.7 Å². The Labute approximate surface area is 129 Å². The highest BCUT2D eigenvalue weighted by Gasteiger charge is 2.20. The van der Waals surface area contributed by atoms with Gasteiger partial charge in [0, 0.05) is 16.2 Å². The first-order valence-corrected chi connectivity index (χ1v) is 7.99. The lowest BCUT2D eigenvalue weighted by Crippen LogP contribution is -2.15. The van der Waals surface area contributed by atoms with Crippen molar-refractivity contribution in [3.63, 3.8) is 0 Å². The topological polar surface area (TPSA) is 46.5 Å². The molecule has 4 heteroatoms. The Hall–Kier alpha value is -1.65. The predicted octanol–water partition coefficient (Wildman–Crippen LogP) is 3.72. The van der Waals surface area contributed by atoms with Crippen LogP contribution in [0.15, 0.2) is 42.5 Å². The van der Waals surface area contributed by atoms with Crippen molar-refractivity contribution < 1.29 is 14.6 Å². The van der Waals surface area contributed by atoms with Crippen LogP contribution in [0.2, 0.25) is 0 Å². The van der Waals surface area contributed by atoms with Gasteiger partial charge in [-0.15, -0.1) is 11.3 Å². The number of carbonyl (C=O) groups excluding carboxylic acids is 1. The third kappa shape index (κ3) is 4.69. The van der Waals surface area contributed by atoms with Gasteiger partial charge in [0.2, 0.25) is 0 Å². The molecule has 1 atom stereocenters. The number of carbonyl (C=O) groups is 1. The summed E-state index contributed by atoms with van der Waals surface area (Å²) in [4.78, 5) is 13.5. The molecule has 0 bridgehead atoms. The summed E-state index contributed by atoms with van der Waals surface area (Å²) < 4.78 is 5.04. The number of rotatable bonds is 7. The maximum absolute atomic E-state index is 11.7. The zero-order valence-corrected chi connectivity index (χ0v) is 12.9. The van der Waals surface area contributed by atoms with E-state index in [-0.39, 0.29) is 0 Å². The van der Waals surface area contributed by atoms with Crippen LogP contribution in [0.4, 0.5) is 0 Å². The second-order valence-corrected chi connectivity index (χ2v) is 6.09. The second kappa shape index (κ2) is 7.96. The smallest absolute Gasteiger partial charge is 0.340 e. The quantitative estimate of drug-likeness (QED) is 0.626. The van der Waals surface area contributed by atoms with Crippen molar-refractivity contribution in [2.75, 3.05) is 6.61 Å². The number of ether oxygens (including phenoxy) is 1. The summed E-state index contributed by atoms with van der Waals surface area (Å²) in [6, 6.07) is 13.9. The normalized spacial score (nSPS) is 12.1. The number of thiophene rings is 1. The fraction of sp³-hybridized carbons (Fsp3) is 0.353. The van der Waals surface area contributed by atoms with Gasteiger partial charge in [0.25, 0.3) is 0 Å². The standard InChI is InChI=1S/C17H20O3S/c1-2-3-11-20-17(19)16(18)15-10-9-14(21-15)12-13-7-5-4-6-8-13/h4-10,16,18H,2-3,11-12H2,1H3/t16-/m0/s1. The van der Waals surface area contributed by atoms with E-state index in [9.17, 15) is 9.90 Å². The van der Waals surface area contributed by atoms with E-state index >= 15 is 0 Å². The van der Waals surface area contributed by atoms with Gasteiger partial charge in [0.15, 0.2) is 6.10 Å². The molecule has 0 unspecified atom stereocenters. The molecule has 0 saturated heterocycles. The van der Waals surface area contributed by atoms with E-state index in [0.717, 1.165) is 24.1 Å². The Morgan fingerprint density at radius 3 is 2.71 bits per heavy atom. The minimum atomic E-state index is -1.17. The van der Waals surface area contributed by atoms with E-state index in [2.05, 4.69) is 12.1 Å². The fourth-order valence-electron chi connectivity index (χ4n) is 1.95. The summed E-state index contributed by atoms with van der Waals surface area (Å²) >= 11 is 1.45. The molecule has 1 N–H and O–H groups in total. The molecule has 0 saturated carbocycles. The van der Waals surface area contributed by atoms with E-state index in [4.69, 9.17) is 4.74 Å². The van der Waals surface area contributed by atoms with Crippen molar-refractivity contribution in [3.05, 3.63) is 57.8 Å². The maximum Gasteiger partial charge on any atom is 0.340 e. The number of aliphatic hydroxyl groups excluding tert-OH is 1. The van der Waals surface area contributed by atoms with Gasteiger partial charge in [0.1, 0.15) is 0 Å². The molecular formula is C17H20O3S. The van der Waals surface area contributed by atoms with Gasteiger partial charge in [0.05, 0.1) is 6.61 Å². The van der Waals surface area contributed by atoms with Gasteiger partial charge in [-0.3, -0.25) is 0 Å². The fourth-order valence-corrected chi connectivity index (χ4v) is 2.97. The van der Waals surface area contributed by atoms with E-state index in [0.29, 0.717) is 11.5 Å². The van der Waals surface area contributed by atoms with E-state index in [1.807, 2.05) is 31.2 Å². The van der Waals surface area contributed by atoms with Crippen molar-refractivity contribution in [1.29, 1.82) is 0 Å². The molecule has 112 valence electrons. The molecule has 2 aromatic rings. The Kier molecular flexibility index (Phi) is 5.96. The zero-order chi connectivity index (χ0) is 15.1. The van der Waals surface area contributed by atoms with Gasteiger partial charge in [-0.2, -0.15) is 0 Å². The van der Waals surface area contributed by atoms with Crippen LogP contribution in [0.3, 0.4) is 0 Å². The monoisotopic (exact) mass is 304 g/mol. The number of benzene rings is 1. The lowest BCUT2D eigenvalue weighted by molar-refractivity contribution is -0.153. The first kappa shape index (κ1) is 15.7. The molecule has 0 aliphatic heterocycles. The molecule has 1 aromatic heterocycles. The summed E-state index contributed by atoms with van der Waals surface area (Å²) in [5.74, 6) is -0.559. The SMILES string of the molecule is CCCCOC(=O)[C@@H](O)c1ccc(Cc2ccccc2)s1. The Bertz CT molecular complexity index is 562. The first-order valence-electron chi connectivity index (χ1n) is 7.18. The van der Waals surface area contributed by atoms with Crippen LogP contribution >= 0.6 is 11.3 Å². The largest absolute Gasteiger partial charge is 0.463 e. The average molecular weight is 304 g/mol. The van der Waals surface area contributed by atoms with Crippen LogP contribution in [0.5, 0.6) is 0 Å². The van der Waals surface area contributed by atoms with Gasteiger partial charge >= 0.3 is 5.97 Å². The summed E-state index contributed by atoms with van der Waals surface area (Å²) in [5, 5.41) is 10.0. The second-order valence-electron chi connectivity index (χ2n) is 4.89. The van der Waals surface area contributed by atoms with Crippen molar-refractivity contribution in [2.24, 2.45) is 0 Å². The highest BCUT2D eigenvalue weighted by molar-refractivity contribution is 7.12.